The number of hydrogen-bond donors (Lipinski definition) is 8. The first-order valence-corrected chi connectivity index (χ1v) is 12.9. The minimum absolute atomic E-state index is 0.0224. The highest BCUT2D eigenvalue weighted by atomic mass is 16.7. The molecule has 0 spiro atoms. The molecule has 2 bridgehead atoms. The summed E-state index contributed by atoms with van der Waals surface area (Å²) < 4.78 is 10.2. The Labute approximate surface area is 242 Å². The molecule has 1 aliphatic heterocycles. The van der Waals surface area contributed by atoms with E-state index in [0.717, 1.165) is 36.4 Å². The number of ether oxygens (including phenoxy) is 2. The molecule has 0 amide bonds. The number of rotatable bonds is 8. The van der Waals surface area contributed by atoms with Crippen LogP contribution in [-0.4, -0.2) is 82.2 Å². The number of hydrogen-bond acceptors (Lipinski definition) is 12. The van der Waals surface area contributed by atoms with E-state index in [1.165, 1.54) is 18.2 Å². The van der Waals surface area contributed by atoms with Crippen LogP contribution in [0.25, 0.3) is 0 Å². The predicted octanol–water partition coefficient (Wildman–Crippen LogP) is 0.641. The standard InChI is InChI=1S/C29H26O14/c30-16-4-1-12(7-18(16)32)8-20(26(36)37)42-21(34)6-3-14-9-15-23(13-2-5-17(31)19(33)10-13)24(27(38)39)25(14)29(41)28(15,40)11-22(35)43-29/h1-7,9-10,15,20,23-25,30-33,40-41H,8,11H2,(H,36,37)(H,38,39)/t15-,20-,23+,24-,25+,28+,29+/m1/s1. The van der Waals surface area contributed by atoms with Crippen LogP contribution in [0.4, 0.5) is 0 Å². The van der Waals surface area contributed by atoms with Crippen LogP contribution in [0, 0.1) is 17.8 Å². The van der Waals surface area contributed by atoms with Gasteiger partial charge in [0.05, 0.1) is 18.3 Å². The Morgan fingerprint density at radius 3 is 2.23 bits per heavy atom. The van der Waals surface area contributed by atoms with Crippen molar-refractivity contribution in [1.82, 2.24) is 0 Å². The van der Waals surface area contributed by atoms with E-state index in [2.05, 4.69) is 0 Å². The van der Waals surface area contributed by atoms with Crippen LogP contribution in [0.3, 0.4) is 0 Å². The Morgan fingerprint density at radius 1 is 0.977 bits per heavy atom. The third kappa shape index (κ3) is 4.79. The molecule has 1 saturated carbocycles. The average Bonchev–Trinajstić information content (AvgIpc) is 3.19. The predicted molar refractivity (Wildman–Crippen MR) is 139 cm³/mol. The van der Waals surface area contributed by atoms with E-state index < -0.39 is 94.5 Å². The van der Waals surface area contributed by atoms with Gasteiger partial charge in [-0.3, -0.25) is 9.59 Å². The van der Waals surface area contributed by atoms with Crippen LogP contribution in [0.2, 0.25) is 0 Å². The summed E-state index contributed by atoms with van der Waals surface area (Å²) in [6.07, 6.45) is 0.445. The van der Waals surface area contributed by atoms with Gasteiger partial charge in [0, 0.05) is 24.3 Å². The summed E-state index contributed by atoms with van der Waals surface area (Å²) in [5, 5.41) is 81.8. The minimum atomic E-state index is -2.71. The van der Waals surface area contributed by atoms with Crippen LogP contribution in [0.15, 0.2) is 60.2 Å². The number of phenolic OH excluding ortho intramolecular Hbond substituents is 4. The minimum Gasteiger partial charge on any atom is -0.504 e. The van der Waals surface area contributed by atoms with Crippen molar-refractivity contribution < 1.29 is 69.5 Å². The first kappa shape index (κ1) is 29.4. The van der Waals surface area contributed by atoms with Gasteiger partial charge in [-0.25, -0.2) is 9.59 Å². The van der Waals surface area contributed by atoms with Crippen LogP contribution in [-0.2, 0) is 35.1 Å². The molecular weight excluding hydrogens is 572 g/mol. The second kappa shape index (κ2) is 10.3. The van der Waals surface area contributed by atoms with Crippen molar-refractivity contribution in [3.63, 3.8) is 0 Å². The summed E-state index contributed by atoms with van der Waals surface area (Å²) in [5.74, 6) is -15.5. The van der Waals surface area contributed by atoms with E-state index in [9.17, 15) is 60.0 Å². The van der Waals surface area contributed by atoms with Gasteiger partial charge in [0.15, 0.2) is 23.0 Å². The van der Waals surface area contributed by atoms with E-state index in [-0.39, 0.29) is 23.1 Å². The molecule has 2 aromatic carbocycles. The summed E-state index contributed by atoms with van der Waals surface area (Å²) in [5.41, 5.74) is -1.91. The molecular formula is C29H26O14. The Bertz CT molecular complexity index is 1590. The second-order valence-corrected chi connectivity index (χ2v) is 10.7. The zero-order valence-electron chi connectivity index (χ0n) is 22.0. The monoisotopic (exact) mass is 598 g/mol. The number of carboxylic acid groups (broad SMARTS) is 2. The Balaban J connectivity index is 1.48. The molecule has 0 unspecified atom stereocenters. The molecule has 4 aliphatic rings. The molecule has 43 heavy (non-hydrogen) atoms. The molecule has 2 fully saturated rings. The summed E-state index contributed by atoms with van der Waals surface area (Å²) in [7, 11) is 0. The number of benzene rings is 2. The van der Waals surface area contributed by atoms with E-state index in [1.54, 1.807) is 0 Å². The van der Waals surface area contributed by atoms with Gasteiger partial charge in [0.25, 0.3) is 0 Å². The van der Waals surface area contributed by atoms with E-state index in [0.29, 0.717) is 0 Å². The van der Waals surface area contributed by atoms with Crippen LogP contribution >= 0.6 is 0 Å². The van der Waals surface area contributed by atoms with Gasteiger partial charge in [0.1, 0.15) is 5.60 Å². The molecule has 6 rings (SSSR count). The Morgan fingerprint density at radius 2 is 1.63 bits per heavy atom. The number of fused-ring (bicyclic) bond motifs is 1. The molecule has 2 aromatic rings. The summed E-state index contributed by atoms with van der Waals surface area (Å²) in [6.45, 7) is 0. The van der Waals surface area contributed by atoms with Crippen LogP contribution < -0.4 is 0 Å². The van der Waals surface area contributed by atoms with Crippen molar-refractivity contribution in [2.45, 2.75) is 36.3 Å². The Kier molecular flexibility index (Phi) is 7.06. The molecule has 7 atom stereocenters. The van der Waals surface area contributed by atoms with Crippen molar-refractivity contribution in [2.75, 3.05) is 0 Å². The van der Waals surface area contributed by atoms with Crippen molar-refractivity contribution in [1.29, 1.82) is 0 Å². The van der Waals surface area contributed by atoms with Gasteiger partial charge >= 0.3 is 23.9 Å². The third-order valence-corrected chi connectivity index (χ3v) is 8.22. The highest BCUT2D eigenvalue weighted by molar-refractivity contribution is 5.86. The SMILES string of the molecule is O=C(C=CC1=C[C@@H]2[C@H](c3ccc(O)c(O)c3)[C@@H](C(=O)O)[C@H]1[C@]1(O)OC(=O)C[C@]21O)O[C@H](Cc1ccc(O)c(O)c1)C(=O)O. The maximum absolute atomic E-state index is 12.7. The first-order valence-electron chi connectivity index (χ1n) is 12.9. The first-order chi connectivity index (χ1) is 20.2. The van der Waals surface area contributed by atoms with Crippen LogP contribution in [0.1, 0.15) is 23.5 Å². The zero-order valence-corrected chi connectivity index (χ0v) is 22.0. The fraction of sp³-hybridized carbons (Fsp3) is 0.310. The maximum Gasteiger partial charge on any atom is 0.345 e. The van der Waals surface area contributed by atoms with Crippen LogP contribution in [0.5, 0.6) is 23.0 Å². The number of carbonyl (C=O) groups excluding carboxylic acids is 2. The second-order valence-electron chi connectivity index (χ2n) is 10.7. The van der Waals surface area contributed by atoms with Crippen molar-refractivity contribution >= 4 is 23.9 Å². The molecule has 3 aliphatic carbocycles. The normalized spacial score (nSPS) is 29.9. The molecule has 0 aromatic heterocycles. The number of carboxylic acids is 2. The number of carbonyl (C=O) groups is 4. The lowest BCUT2D eigenvalue weighted by Crippen LogP contribution is -2.70. The fourth-order valence-corrected chi connectivity index (χ4v) is 6.34. The van der Waals surface area contributed by atoms with Gasteiger partial charge in [-0.15, -0.1) is 0 Å². The molecule has 226 valence electrons. The number of aliphatic carboxylic acids is 2. The molecule has 0 radical (unpaired) electrons. The lowest BCUT2D eigenvalue weighted by molar-refractivity contribution is -0.313. The molecule has 14 nitrogen and oxygen atoms in total. The van der Waals surface area contributed by atoms with Gasteiger partial charge < -0.3 is 50.3 Å². The third-order valence-electron chi connectivity index (χ3n) is 8.22. The lowest BCUT2D eigenvalue weighted by Gasteiger charge is -2.58. The summed E-state index contributed by atoms with van der Waals surface area (Å²) in [4.78, 5) is 49.4. The van der Waals surface area contributed by atoms with Gasteiger partial charge in [-0.05, 0) is 41.0 Å². The fourth-order valence-electron chi connectivity index (χ4n) is 6.34. The average molecular weight is 599 g/mol. The number of aromatic hydroxyl groups is 4. The smallest absolute Gasteiger partial charge is 0.345 e. The van der Waals surface area contributed by atoms with Gasteiger partial charge in [-0.1, -0.05) is 24.3 Å². The van der Waals surface area contributed by atoms with E-state index >= 15 is 0 Å². The highest BCUT2D eigenvalue weighted by Crippen LogP contribution is 2.64. The summed E-state index contributed by atoms with van der Waals surface area (Å²) >= 11 is 0. The van der Waals surface area contributed by atoms with E-state index in [1.807, 2.05) is 0 Å². The number of allylic oxidation sites excluding steroid dienone is 1. The van der Waals surface area contributed by atoms with Crippen molar-refractivity contribution in [3.05, 3.63) is 71.3 Å². The zero-order chi connectivity index (χ0) is 31.4. The number of phenols is 4. The number of esters is 2. The quantitative estimate of drug-likeness (QED) is 0.118. The Hall–Kier alpha value is -5.08. The molecule has 8 N–H and O–H groups in total. The highest BCUT2D eigenvalue weighted by Gasteiger charge is 2.76. The molecule has 1 saturated heterocycles. The number of aliphatic hydroxyl groups is 2. The molecule has 14 heteroatoms. The van der Waals surface area contributed by atoms with Gasteiger partial charge in [-0.2, -0.15) is 0 Å². The molecule has 1 heterocycles. The van der Waals surface area contributed by atoms with Crippen molar-refractivity contribution in [2.24, 2.45) is 17.8 Å². The van der Waals surface area contributed by atoms with Gasteiger partial charge in [0.2, 0.25) is 11.9 Å². The van der Waals surface area contributed by atoms with Crippen molar-refractivity contribution in [3.8, 4) is 23.0 Å². The maximum atomic E-state index is 12.7. The van der Waals surface area contributed by atoms with E-state index in [4.69, 9.17) is 9.47 Å². The summed E-state index contributed by atoms with van der Waals surface area (Å²) in [6, 6.07) is 7.10. The topological polar surface area (TPSA) is 249 Å². The largest absolute Gasteiger partial charge is 0.504 e. The lowest BCUT2D eigenvalue weighted by atomic mass is 9.49.